The zero-order chi connectivity index (χ0) is 23.4. The van der Waals surface area contributed by atoms with Gasteiger partial charge in [0.25, 0.3) is 12.3 Å². The van der Waals surface area contributed by atoms with Crippen LogP contribution in [0.4, 0.5) is 8.78 Å². The number of hydrogen-bond donors (Lipinski definition) is 1. The Labute approximate surface area is 194 Å². The molecule has 0 aromatic carbocycles. The fourth-order valence-electron chi connectivity index (χ4n) is 3.60. The van der Waals surface area contributed by atoms with Crippen molar-refractivity contribution in [3.05, 3.63) is 59.9 Å². The van der Waals surface area contributed by atoms with Crippen LogP contribution < -0.4 is 5.32 Å². The van der Waals surface area contributed by atoms with Gasteiger partial charge in [0, 0.05) is 30.5 Å². The van der Waals surface area contributed by atoms with Crippen LogP contribution in [0.1, 0.15) is 24.2 Å². The van der Waals surface area contributed by atoms with Gasteiger partial charge in [0.05, 0.1) is 34.6 Å². The third kappa shape index (κ3) is 5.23. The molecule has 0 fully saturated rings. The number of alkyl halides is 2. The maximum absolute atomic E-state index is 12.7. The predicted molar refractivity (Wildman–Crippen MR) is 125 cm³/mol. The van der Waals surface area contributed by atoms with E-state index in [2.05, 4.69) is 15.4 Å². The second-order valence-electron chi connectivity index (χ2n) is 7.58. The molecule has 0 aliphatic rings. The maximum Gasteiger partial charge on any atom is 0.251 e. The molecule has 0 saturated carbocycles. The van der Waals surface area contributed by atoms with Crippen molar-refractivity contribution in [2.45, 2.75) is 26.3 Å². The lowest BCUT2D eigenvalue weighted by Gasteiger charge is -2.27. The van der Waals surface area contributed by atoms with Crippen LogP contribution >= 0.6 is 11.3 Å². The molecule has 0 unspecified atom stereocenters. The lowest BCUT2D eigenvalue weighted by molar-refractivity contribution is 0.0705. The summed E-state index contributed by atoms with van der Waals surface area (Å²) in [5.74, 6) is -0.290. The molecule has 0 saturated heterocycles. The number of hydrogen-bond acceptors (Lipinski definition) is 6. The Morgan fingerprint density at radius 1 is 1.27 bits per heavy atom. The zero-order valence-electron chi connectivity index (χ0n) is 18.3. The molecule has 0 radical (unpaired) electrons. The number of thiophene rings is 1. The average molecular weight is 471 g/mol. The molecule has 0 aliphatic carbocycles. The molecule has 1 atom stereocenters. The molecule has 172 valence electrons. The van der Waals surface area contributed by atoms with Gasteiger partial charge in [-0.1, -0.05) is 13.0 Å². The normalized spacial score (nSPS) is 12.5. The average Bonchev–Trinajstić information content (AvgIpc) is 3.50. The lowest BCUT2D eigenvalue weighted by atomic mass is 10.1. The van der Waals surface area contributed by atoms with Gasteiger partial charge in [-0.05, 0) is 43.1 Å². The first kappa shape index (κ1) is 22.9. The first-order valence-electron chi connectivity index (χ1n) is 10.6. The topological polar surface area (TPSA) is 75.4 Å². The highest BCUT2D eigenvalue weighted by Gasteiger charge is 2.18. The molecular formula is C23H24F2N6OS. The van der Waals surface area contributed by atoms with E-state index in [0.29, 0.717) is 29.0 Å². The van der Waals surface area contributed by atoms with E-state index in [-0.39, 0.29) is 25.0 Å². The summed E-state index contributed by atoms with van der Waals surface area (Å²) >= 11 is 1.60. The summed E-state index contributed by atoms with van der Waals surface area (Å²) in [5, 5.41) is 9.19. The summed E-state index contributed by atoms with van der Waals surface area (Å²) in [6, 6.07) is 8.98. The number of carbonyl (C=O) groups excluding carboxylic acids is 1. The van der Waals surface area contributed by atoms with Crippen LogP contribution in [0.2, 0.25) is 0 Å². The molecule has 33 heavy (non-hydrogen) atoms. The Balaban J connectivity index is 1.52. The van der Waals surface area contributed by atoms with Crippen LogP contribution in [0.5, 0.6) is 0 Å². The summed E-state index contributed by atoms with van der Waals surface area (Å²) in [7, 11) is 0. The summed E-state index contributed by atoms with van der Waals surface area (Å²) in [4.78, 5) is 24.6. The van der Waals surface area contributed by atoms with E-state index in [1.807, 2.05) is 43.6 Å². The minimum Gasteiger partial charge on any atom is -0.350 e. The van der Waals surface area contributed by atoms with Crippen LogP contribution in [0, 0.1) is 0 Å². The second-order valence-corrected chi connectivity index (χ2v) is 8.53. The van der Waals surface area contributed by atoms with Crippen molar-refractivity contribution < 1.29 is 13.6 Å². The SMILES string of the molecule is CCN(CC(F)F)[C@@H](C)CNC(=O)c1ccnc(-c2cnn3ccc(-c4cccs4)nc23)c1. The summed E-state index contributed by atoms with van der Waals surface area (Å²) in [5.41, 5.74) is 3.20. The van der Waals surface area contributed by atoms with Gasteiger partial charge < -0.3 is 5.32 Å². The number of nitrogens with zero attached hydrogens (tertiary/aromatic N) is 5. The van der Waals surface area contributed by atoms with Crippen molar-refractivity contribution in [1.82, 2.24) is 29.8 Å². The van der Waals surface area contributed by atoms with E-state index in [0.717, 1.165) is 10.6 Å². The van der Waals surface area contributed by atoms with Crippen molar-refractivity contribution in [2.24, 2.45) is 0 Å². The highest BCUT2D eigenvalue weighted by molar-refractivity contribution is 7.13. The number of amides is 1. The van der Waals surface area contributed by atoms with Crippen molar-refractivity contribution in [1.29, 1.82) is 0 Å². The smallest absolute Gasteiger partial charge is 0.251 e. The van der Waals surface area contributed by atoms with E-state index in [1.165, 1.54) is 0 Å². The van der Waals surface area contributed by atoms with Crippen LogP contribution in [0.3, 0.4) is 0 Å². The van der Waals surface area contributed by atoms with E-state index in [9.17, 15) is 13.6 Å². The monoisotopic (exact) mass is 470 g/mol. The van der Waals surface area contributed by atoms with Crippen LogP contribution in [-0.4, -0.2) is 62.5 Å². The van der Waals surface area contributed by atoms with Gasteiger partial charge in [-0.3, -0.25) is 14.7 Å². The number of fused-ring (bicyclic) bond motifs is 1. The Kier molecular flexibility index (Phi) is 7.05. The third-order valence-electron chi connectivity index (χ3n) is 5.40. The Hall–Kier alpha value is -3.24. The zero-order valence-corrected chi connectivity index (χ0v) is 19.1. The number of halogens is 2. The molecule has 1 amide bonds. The largest absolute Gasteiger partial charge is 0.350 e. The van der Waals surface area contributed by atoms with Gasteiger partial charge in [0.1, 0.15) is 0 Å². The minimum atomic E-state index is -2.41. The molecule has 4 rings (SSSR count). The van der Waals surface area contributed by atoms with Gasteiger partial charge in [-0.25, -0.2) is 18.3 Å². The van der Waals surface area contributed by atoms with E-state index >= 15 is 0 Å². The predicted octanol–water partition coefficient (Wildman–Crippen LogP) is 4.23. The van der Waals surface area contributed by atoms with E-state index in [4.69, 9.17) is 4.98 Å². The molecule has 4 aromatic rings. The first-order valence-corrected chi connectivity index (χ1v) is 11.5. The number of rotatable bonds is 9. The molecule has 10 heteroatoms. The minimum absolute atomic E-state index is 0.214. The summed E-state index contributed by atoms with van der Waals surface area (Å²) < 4.78 is 27.2. The van der Waals surface area contributed by atoms with E-state index in [1.54, 1.807) is 45.3 Å². The van der Waals surface area contributed by atoms with Crippen LogP contribution in [0.15, 0.2) is 54.3 Å². The molecule has 7 nitrogen and oxygen atoms in total. The van der Waals surface area contributed by atoms with Gasteiger partial charge in [-0.15, -0.1) is 11.3 Å². The summed E-state index contributed by atoms with van der Waals surface area (Å²) in [6.07, 6.45) is 2.68. The van der Waals surface area contributed by atoms with Gasteiger partial charge in [0.2, 0.25) is 0 Å². The molecule has 1 N–H and O–H groups in total. The van der Waals surface area contributed by atoms with Crippen molar-refractivity contribution in [2.75, 3.05) is 19.6 Å². The third-order valence-corrected chi connectivity index (χ3v) is 6.29. The van der Waals surface area contributed by atoms with Crippen molar-refractivity contribution in [3.63, 3.8) is 0 Å². The van der Waals surface area contributed by atoms with E-state index < -0.39 is 6.43 Å². The molecule has 0 spiro atoms. The van der Waals surface area contributed by atoms with Crippen molar-refractivity contribution in [3.8, 4) is 21.8 Å². The second kappa shape index (κ2) is 10.1. The Morgan fingerprint density at radius 3 is 2.85 bits per heavy atom. The van der Waals surface area contributed by atoms with Gasteiger partial charge in [0.15, 0.2) is 5.65 Å². The molecular weight excluding hydrogens is 446 g/mol. The number of pyridine rings is 1. The summed E-state index contributed by atoms with van der Waals surface area (Å²) in [6.45, 7) is 4.07. The fraction of sp³-hybridized carbons (Fsp3) is 0.304. The molecule has 0 bridgehead atoms. The highest BCUT2D eigenvalue weighted by atomic mass is 32.1. The quantitative estimate of drug-likeness (QED) is 0.396. The Bertz CT molecular complexity index is 1230. The number of likely N-dealkylation sites (N-methyl/N-ethyl adjacent to an activating group) is 1. The van der Waals surface area contributed by atoms with Gasteiger partial charge in [-0.2, -0.15) is 5.10 Å². The van der Waals surface area contributed by atoms with Crippen LogP contribution in [0.25, 0.3) is 27.5 Å². The standard InChI is InChI=1S/C23H24F2N6OS/c1-3-30(14-21(24)25)15(2)12-27-23(32)16-6-8-26-19(11-16)17-13-28-31-9-7-18(29-22(17)31)20-5-4-10-33-20/h4-11,13,15,21H,3,12,14H2,1-2H3,(H,27,32)/t15-/m0/s1. The fourth-order valence-corrected chi connectivity index (χ4v) is 4.30. The lowest BCUT2D eigenvalue weighted by Crippen LogP contribution is -2.44. The number of nitrogens with one attached hydrogen (secondary N) is 1. The maximum atomic E-state index is 12.7. The highest BCUT2D eigenvalue weighted by Crippen LogP contribution is 2.27. The molecule has 0 aliphatic heterocycles. The number of aromatic nitrogens is 4. The Morgan fingerprint density at radius 2 is 2.12 bits per heavy atom. The van der Waals surface area contributed by atoms with Crippen molar-refractivity contribution >= 4 is 22.9 Å². The van der Waals surface area contributed by atoms with Gasteiger partial charge >= 0.3 is 0 Å². The molecule has 4 aromatic heterocycles. The molecule has 4 heterocycles. The van der Waals surface area contributed by atoms with Crippen LogP contribution in [-0.2, 0) is 0 Å². The first-order chi connectivity index (χ1) is 16.0. The number of carbonyl (C=O) groups is 1.